The first-order valence-electron chi connectivity index (χ1n) is 4.05. The Morgan fingerprint density at radius 2 is 2.08 bits per heavy atom. The van der Waals surface area contributed by atoms with Gasteiger partial charge in [-0.3, -0.25) is 0 Å². The summed E-state index contributed by atoms with van der Waals surface area (Å²) >= 11 is 0. The predicted molar refractivity (Wildman–Crippen MR) is 46.5 cm³/mol. The maximum Gasteiger partial charge on any atom is 0.232 e. The molecule has 1 aliphatic rings. The van der Waals surface area contributed by atoms with E-state index in [1.165, 1.54) is 0 Å². The van der Waals surface area contributed by atoms with Gasteiger partial charge in [-0.15, -0.1) is 0 Å². The number of halogens is 2. The highest BCUT2D eigenvalue weighted by Gasteiger charge is 2.27. The van der Waals surface area contributed by atoms with Gasteiger partial charge in [0.15, 0.2) is 0 Å². The molecule has 0 spiro atoms. The van der Waals surface area contributed by atoms with E-state index in [1.54, 1.807) is 0 Å². The van der Waals surface area contributed by atoms with Crippen molar-refractivity contribution in [3.05, 3.63) is 0 Å². The topological polar surface area (TPSA) is 34.1 Å². The van der Waals surface area contributed by atoms with E-state index >= 15 is 0 Å². The fourth-order valence-electron chi connectivity index (χ4n) is 1.29. The minimum absolute atomic E-state index is 0.0521. The second-order valence-electron chi connectivity index (χ2n) is 3.24. The van der Waals surface area contributed by atoms with Crippen LogP contribution in [0.1, 0.15) is 25.7 Å². The average molecular weight is 215 g/mol. The number of hydrogen-bond donors (Lipinski definition) is 0. The summed E-state index contributed by atoms with van der Waals surface area (Å²) in [5.74, 6) is -0.157. The van der Waals surface area contributed by atoms with Crippen LogP contribution in [0.2, 0.25) is 0 Å². The van der Waals surface area contributed by atoms with Gasteiger partial charge in [-0.25, -0.2) is 12.8 Å². The average Bonchev–Trinajstić information content (AvgIpc) is 1.78. The Bertz CT molecular complexity index is 236. The summed E-state index contributed by atoms with van der Waals surface area (Å²) < 4.78 is 34.0. The number of alkyl halides is 1. The minimum atomic E-state index is -3.50. The molecule has 0 heterocycles. The molecule has 1 unspecified atom stereocenters. The van der Waals surface area contributed by atoms with Crippen molar-refractivity contribution >= 4 is 19.7 Å². The van der Waals surface area contributed by atoms with Crippen LogP contribution in [0.5, 0.6) is 0 Å². The van der Waals surface area contributed by atoms with Crippen LogP contribution in [-0.2, 0) is 9.05 Å². The molecule has 0 aromatic heterocycles. The van der Waals surface area contributed by atoms with E-state index < -0.39 is 15.2 Å². The van der Waals surface area contributed by atoms with Crippen molar-refractivity contribution in [1.29, 1.82) is 0 Å². The highest BCUT2D eigenvalue weighted by atomic mass is 35.7. The van der Waals surface area contributed by atoms with Crippen molar-refractivity contribution in [2.45, 2.75) is 31.9 Å². The summed E-state index contributed by atoms with van der Waals surface area (Å²) in [6.45, 7) is 0. The Kier molecular flexibility index (Phi) is 3.35. The molecule has 1 atom stereocenters. The van der Waals surface area contributed by atoms with Crippen LogP contribution in [0.3, 0.4) is 0 Å². The van der Waals surface area contributed by atoms with Crippen molar-refractivity contribution in [2.24, 2.45) is 5.92 Å². The zero-order chi connectivity index (χ0) is 9.19. The van der Waals surface area contributed by atoms with Crippen LogP contribution in [0, 0.1) is 5.92 Å². The zero-order valence-electron chi connectivity index (χ0n) is 6.67. The van der Waals surface area contributed by atoms with Crippen molar-refractivity contribution in [1.82, 2.24) is 0 Å². The van der Waals surface area contributed by atoms with Crippen molar-refractivity contribution in [3.63, 3.8) is 0 Å². The van der Waals surface area contributed by atoms with Gasteiger partial charge in [0.1, 0.15) is 6.17 Å². The minimum Gasteiger partial charge on any atom is -0.247 e. The summed E-state index contributed by atoms with van der Waals surface area (Å²) in [5.41, 5.74) is 0. The summed E-state index contributed by atoms with van der Waals surface area (Å²) in [6, 6.07) is 0. The third kappa shape index (κ3) is 3.27. The van der Waals surface area contributed by atoms with E-state index in [9.17, 15) is 12.8 Å². The molecular weight excluding hydrogens is 203 g/mol. The first-order chi connectivity index (χ1) is 5.49. The lowest BCUT2D eigenvalue weighted by Gasteiger charge is -2.28. The van der Waals surface area contributed by atoms with E-state index in [-0.39, 0.29) is 18.1 Å². The van der Waals surface area contributed by atoms with E-state index in [0.29, 0.717) is 0 Å². The molecule has 1 aliphatic carbocycles. The normalized spacial score (nSPS) is 21.8. The van der Waals surface area contributed by atoms with E-state index in [1.807, 2.05) is 0 Å². The molecular formula is C7H12ClFO2S. The van der Waals surface area contributed by atoms with Crippen LogP contribution in [-0.4, -0.2) is 20.3 Å². The third-order valence-electron chi connectivity index (χ3n) is 2.30. The Hall–Kier alpha value is 0.170. The summed E-state index contributed by atoms with van der Waals surface area (Å²) in [4.78, 5) is 0. The molecule has 72 valence electrons. The first kappa shape index (κ1) is 10.3. The Balaban J connectivity index is 2.22. The molecule has 0 N–H and O–H groups in total. The SMILES string of the molecule is O=S(=O)(Cl)CCC(F)C1CCC1. The Morgan fingerprint density at radius 1 is 1.50 bits per heavy atom. The van der Waals surface area contributed by atoms with Crippen LogP contribution in [0.4, 0.5) is 4.39 Å². The van der Waals surface area contributed by atoms with Gasteiger partial charge in [-0.05, 0) is 25.2 Å². The fourth-order valence-corrected chi connectivity index (χ4v) is 2.06. The second-order valence-corrected chi connectivity index (χ2v) is 6.14. The van der Waals surface area contributed by atoms with Crippen molar-refractivity contribution in [3.8, 4) is 0 Å². The van der Waals surface area contributed by atoms with E-state index in [0.717, 1.165) is 19.3 Å². The van der Waals surface area contributed by atoms with Gasteiger partial charge in [0.25, 0.3) is 0 Å². The van der Waals surface area contributed by atoms with Gasteiger partial charge in [0, 0.05) is 10.7 Å². The maximum atomic E-state index is 13.1. The second kappa shape index (κ2) is 3.92. The Morgan fingerprint density at radius 3 is 2.42 bits per heavy atom. The smallest absolute Gasteiger partial charge is 0.232 e. The van der Waals surface area contributed by atoms with Gasteiger partial charge in [-0.1, -0.05) is 6.42 Å². The number of rotatable bonds is 4. The molecule has 0 aromatic carbocycles. The highest BCUT2D eigenvalue weighted by molar-refractivity contribution is 8.13. The zero-order valence-corrected chi connectivity index (χ0v) is 8.24. The largest absolute Gasteiger partial charge is 0.247 e. The first-order valence-corrected chi connectivity index (χ1v) is 6.53. The third-order valence-corrected chi connectivity index (χ3v) is 3.49. The molecule has 0 bridgehead atoms. The van der Waals surface area contributed by atoms with Crippen molar-refractivity contribution < 1.29 is 12.8 Å². The fraction of sp³-hybridized carbons (Fsp3) is 1.00. The summed E-state index contributed by atoms with van der Waals surface area (Å²) in [7, 11) is 1.44. The van der Waals surface area contributed by atoms with Crippen LogP contribution in [0.15, 0.2) is 0 Å². The molecule has 0 radical (unpaired) electrons. The Labute approximate surface area is 76.5 Å². The monoisotopic (exact) mass is 214 g/mol. The van der Waals surface area contributed by atoms with Crippen molar-refractivity contribution in [2.75, 3.05) is 5.75 Å². The molecule has 1 saturated carbocycles. The lowest BCUT2D eigenvalue weighted by Crippen LogP contribution is -2.24. The molecule has 1 fully saturated rings. The predicted octanol–water partition coefficient (Wildman–Crippen LogP) is 2.08. The molecule has 5 heteroatoms. The van der Waals surface area contributed by atoms with Gasteiger partial charge in [-0.2, -0.15) is 0 Å². The van der Waals surface area contributed by atoms with Gasteiger partial charge < -0.3 is 0 Å². The summed E-state index contributed by atoms with van der Waals surface area (Å²) in [6.07, 6.45) is 1.93. The molecule has 0 amide bonds. The molecule has 0 aliphatic heterocycles. The van der Waals surface area contributed by atoms with E-state index in [4.69, 9.17) is 10.7 Å². The van der Waals surface area contributed by atoms with E-state index in [2.05, 4.69) is 0 Å². The molecule has 2 nitrogen and oxygen atoms in total. The molecule has 12 heavy (non-hydrogen) atoms. The summed E-state index contributed by atoms with van der Waals surface area (Å²) in [5, 5.41) is 0. The lowest BCUT2D eigenvalue weighted by atomic mass is 9.81. The van der Waals surface area contributed by atoms with Crippen LogP contribution < -0.4 is 0 Å². The molecule has 1 rings (SSSR count). The number of hydrogen-bond acceptors (Lipinski definition) is 2. The van der Waals surface area contributed by atoms with Gasteiger partial charge >= 0.3 is 0 Å². The quantitative estimate of drug-likeness (QED) is 0.672. The van der Waals surface area contributed by atoms with Gasteiger partial charge in [0.05, 0.1) is 5.75 Å². The molecule has 0 saturated heterocycles. The maximum absolute atomic E-state index is 13.1. The van der Waals surface area contributed by atoms with Crippen LogP contribution >= 0.6 is 10.7 Å². The standard InChI is InChI=1S/C7H12ClFO2S/c8-12(10,11)5-4-7(9)6-2-1-3-6/h6-7H,1-5H2. The molecule has 0 aromatic rings. The van der Waals surface area contributed by atoms with Crippen LogP contribution in [0.25, 0.3) is 0 Å². The highest BCUT2D eigenvalue weighted by Crippen LogP contribution is 2.32. The van der Waals surface area contributed by atoms with Gasteiger partial charge in [0.2, 0.25) is 9.05 Å². The lowest BCUT2D eigenvalue weighted by molar-refractivity contribution is 0.145.